The third-order valence-corrected chi connectivity index (χ3v) is 4.12. The summed E-state index contributed by atoms with van der Waals surface area (Å²) >= 11 is 4.34. The smallest absolute Gasteiger partial charge is 0.324 e. The number of hydrogen-bond acceptors (Lipinski definition) is 3. The van der Waals surface area contributed by atoms with Crippen molar-refractivity contribution in [3.05, 3.63) is 50.4 Å². The predicted octanol–water partition coefficient (Wildman–Crippen LogP) is 4.17. The van der Waals surface area contributed by atoms with E-state index in [9.17, 15) is 13.2 Å². The first kappa shape index (κ1) is 14.5. The third kappa shape index (κ3) is 3.55. The highest BCUT2D eigenvalue weighted by molar-refractivity contribution is 9.10. The van der Waals surface area contributed by atoms with Gasteiger partial charge in [-0.1, -0.05) is 22.0 Å². The van der Waals surface area contributed by atoms with E-state index in [0.29, 0.717) is 12.0 Å². The lowest BCUT2D eigenvalue weighted by atomic mass is 10.0. The topological polar surface area (TPSA) is 38.9 Å². The maximum Gasteiger partial charge on any atom is 0.417 e. The number of rotatable bonds is 3. The van der Waals surface area contributed by atoms with Crippen LogP contribution < -0.4 is 5.73 Å². The van der Waals surface area contributed by atoms with Crippen LogP contribution in [0.3, 0.4) is 0 Å². The summed E-state index contributed by atoms with van der Waals surface area (Å²) in [6, 6.07) is 3.60. The van der Waals surface area contributed by atoms with Gasteiger partial charge in [0.15, 0.2) is 0 Å². The molecule has 0 spiro atoms. The van der Waals surface area contributed by atoms with Gasteiger partial charge in [-0.3, -0.25) is 4.98 Å². The largest absolute Gasteiger partial charge is 0.417 e. The van der Waals surface area contributed by atoms with Crippen LogP contribution in [0.4, 0.5) is 13.2 Å². The van der Waals surface area contributed by atoms with Crippen molar-refractivity contribution in [3.8, 4) is 0 Å². The Hall–Kier alpha value is -0.920. The normalized spacial score (nSPS) is 13.5. The van der Waals surface area contributed by atoms with E-state index in [1.807, 2.05) is 0 Å². The van der Waals surface area contributed by atoms with E-state index in [-0.39, 0.29) is 4.47 Å². The summed E-state index contributed by atoms with van der Waals surface area (Å²) in [5, 5.41) is 0. The minimum atomic E-state index is -4.39. The van der Waals surface area contributed by atoms with Gasteiger partial charge < -0.3 is 5.73 Å². The van der Waals surface area contributed by atoms with Crippen LogP contribution >= 0.6 is 27.3 Å². The Morgan fingerprint density at radius 1 is 1.37 bits per heavy atom. The van der Waals surface area contributed by atoms with Crippen LogP contribution in [-0.2, 0) is 12.6 Å². The first-order chi connectivity index (χ1) is 8.88. The molecule has 0 aliphatic carbocycles. The number of aromatic nitrogens is 1. The van der Waals surface area contributed by atoms with Crippen LogP contribution in [-0.4, -0.2) is 4.98 Å². The summed E-state index contributed by atoms with van der Waals surface area (Å²) in [7, 11) is 0. The maximum atomic E-state index is 12.8. The second kappa shape index (κ2) is 5.60. The van der Waals surface area contributed by atoms with Crippen LogP contribution in [0.2, 0.25) is 0 Å². The average Bonchev–Trinajstić information content (AvgIpc) is 2.80. The molecule has 2 aromatic rings. The lowest BCUT2D eigenvalue weighted by molar-refractivity contribution is -0.138. The van der Waals surface area contributed by atoms with Gasteiger partial charge in [0.2, 0.25) is 0 Å². The van der Waals surface area contributed by atoms with Gasteiger partial charge in [0.1, 0.15) is 0 Å². The average molecular weight is 351 g/mol. The molecule has 1 atom stereocenters. The molecular weight excluding hydrogens is 341 g/mol. The molecule has 0 saturated heterocycles. The van der Waals surface area contributed by atoms with Crippen molar-refractivity contribution < 1.29 is 13.2 Å². The SMILES string of the molecule is NC(Cc1cncs1)c1ccc(Br)c(C(F)(F)F)c1. The van der Waals surface area contributed by atoms with E-state index in [0.717, 1.165) is 10.9 Å². The quantitative estimate of drug-likeness (QED) is 0.902. The van der Waals surface area contributed by atoms with Gasteiger partial charge in [-0.05, 0) is 17.7 Å². The molecule has 19 heavy (non-hydrogen) atoms. The molecule has 2 N–H and O–H groups in total. The molecule has 1 aromatic heterocycles. The summed E-state index contributed by atoms with van der Waals surface area (Å²) in [4.78, 5) is 4.86. The highest BCUT2D eigenvalue weighted by Crippen LogP contribution is 2.36. The Kier molecular flexibility index (Phi) is 4.27. The fourth-order valence-corrected chi connectivity index (χ4v) is 2.79. The fourth-order valence-electron chi connectivity index (χ4n) is 1.67. The number of nitrogens with two attached hydrogens (primary N) is 1. The van der Waals surface area contributed by atoms with Gasteiger partial charge in [0, 0.05) is 28.0 Å². The van der Waals surface area contributed by atoms with Crippen molar-refractivity contribution in [2.75, 3.05) is 0 Å². The summed E-state index contributed by atoms with van der Waals surface area (Å²) < 4.78 is 38.4. The van der Waals surface area contributed by atoms with E-state index in [4.69, 9.17) is 5.73 Å². The first-order valence-electron chi connectivity index (χ1n) is 5.37. The van der Waals surface area contributed by atoms with Crippen molar-refractivity contribution >= 4 is 27.3 Å². The van der Waals surface area contributed by atoms with Gasteiger partial charge >= 0.3 is 6.18 Å². The molecule has 0 amide bonds. The van der Waals surface area contributed by atoms with Gasteiger partial charge in [0.25, 0.3) is 0 Å². The Morgan fingerprint density at radius 3 is 2.68 bits per heavy atom. The van der Waals surface area contributed by atoms with Crippen LogP contribution in [0.1, 0.15) is 22.0 Å². The Bertz CT molecular complexity index is 555. The zero-order chi connectivity index (χ0) is 14.0. The van der Waals surface area contributed by atoms with Gasteiger partial charge in [-0.15, -0.1) is 11.3 Å². The number of benzene rings is 1. The second-order valence-corrected chi connectivity index (χ2v) is 5.84. The van der Waals surface area contributed by atoms with Crippen LogP contribution in [0.5, 0.6) is 0 Å². The van der Waals surface area contributed by atoms with E-state index in [1.54, 1.807) is 17.8 Å². The summed E-state index contributed by atoms with van der Waals surface area (Å²) in [5.74, 6) is 0. The van der Waals surface area contributed by atoms with Crippen molar-refractivity contribution in [1.82, 2.24) is 4.98 Å². The molecule has 1 aromatic carbocycles. The predicted molar refractivity (Wildman–Crippen MR) is 71.9 cm³/mol. The summed E-state index contributed by atoms with van der Waals surface area (Å²) in [6.07, 6.45) is -2.24. The first-order valence-corrected chi connectivity index (χ1v) is 7.05. The number of nitrogens with zero attached hydrogens (tertiary/aromatic N) is 1. The molecule has 1 unspecified atom stereocenters. The Morgan fingerprint density at radius 2 is 2.11 bits per heavy atom. The zero-order valence-corrected chi connectivity index (χ0v) is 12.0. The Labute approximate surface area is 120 Å². The second-order valence-electron chi connectivity index (χ2n) is 4.02. The molecular formula is C12H10BrF3N2S. The highest BCUT2D eigenvalue weighted by atomic mass is 79.9. The molecule has 2 nitrogen and oxygen atoms in total. The van der Waals surface area contributed by atoms with E-state index < -0.39 is 17.8 Å². The lowest BCUT2D eigenvalue weighted by Crippen LogP contribution is -2.15. The monoisotopic (exact) mass is 350 g/mol. The molecule has 102 valence electrons. The van der Waals surface area contributed by atoms with Crippen LogP contribution in [0.25, 0.3) is 0 Å². The zero-order valence-electron chi connectivity index (χ0n) is 9.62. The standard InChI is InChI=1S/C12H10BrF3N2S/c13-10-2-1-7(3-9(10)12(14,15)16)11(17)4-8-5-18-6-19-8/h1-3,5-6,11H,4,17H2. The molecule has 7 heteroatoms. The van der Waals surface area contributed by atoms with Crippen molar-refractivity contribution in [1.29, 1.82) is 0 Å². The van der Waals surface area contributed by atoms with E-state index in [2.05, 4.69) is 20.9 Å². The van der Waals surface area contributed by atoms with Gasteiger partial charge in [-0.25, -0.2) is 0 Å². The molecule has 0 aliphatic rings. The number of hydrogen-bond donors (Lipinski definition) is 1. The number of halogens is 4. The number of thiazole rings is 1. The van der Waals surface area contributed by atoms with Crippen molar-refractivity contribution in [3.63, 3.8) is 0 Å². The minimum absolute atomic E-state index is 0.0220. The van der Waals surface area contributed by atoms with Crippen molar-refractivity contribution in [2.45, 2.75) is 18.6 Å². The molecule has 1 heterocycles. The molecule has 2 rings (SSSR count). The van der Waals surface area contributed by atoms with Gasteiger partial charge in [0.05, 0.1) is 11.1 Å². The highest BCUT2D eigenvalue weighted by Gasteiger charge is 2.33. The molecule has 0 aliphatic heterocycles. The maximum absolute atomic E-state index is 12.8. The van der Waals surface area contributed by atoms with Crippen LogP contribution in [0, 0.1) is 0 Å². The van der Waals surface area contributed by atoms with E-state index in [1.165, 1.54) is 17.4 Å². The molecule has 0 fully saturated rings. The molecule has 0 bridgehead atoms. The fraction of sp³-hybridized carbons (Fsp3) is 0.250. The lowest BCUT2D eigenvalue weighted by Gasteiger charge is -2.15. The van der Waals surface area contributed by atoms with E-state index >= 15 is 0 Å². The molecule has 0 saturated carbocycles. The molecule has 0 radical (unpaired) electrons. The van der Waals surface area contributed by atoms with Gasteiger partial charge in [-0.2, -0.15) is 13.2 Å². The third-order valence-electron chi connectivity index (χ3n) is 2.63. The summed E-state index contributed by atoms with van der Waals surface area (Å²) in [5.41, 5.74) is 7.37. The summed E-state index contributed by atoms with van der Waals surface area (Å²) in [6.45, 7) is 0. The van der Waals surface area contributed by atoms with Crippen molar-refractivity contribution in [2.24, 2.45) is 5.73 Å². The number of alkyl halides is 3. The minimum Gasteiger partial charge on any atom is -0.324 e. The van der Waals surface area contributed by atoms with Crippen LogP contribution in [0.15, 0.2) is 34.4 Å². The Balaban J connectivity index is 2.25.